The van der Waals surface area contributed by atoms with Crippen LogP contribution in [-0.4, -0.2) is 44.4 Å². The number of methoxy groups -OCH3 is 2. The van der Waals surface area contributed by atoms with E-state index < -0.39 is 15.4 Å². The Hall–Kier alpha value is -1.41. The van der Waals surface area contributed by atoms with E-state index >= 15 is 0 Å². The second-order valence-electron chi connectivity index (χ2n) is 6.89. The topological polar surface area (TPSA) is 107 Å². The number of hydrogen-bond acceptors (Lipinski definition) is 6. The van der Waals surface area contributed by atoms with Crippen LogP contribution in [0.15, 0.2) is 12.2 Å². The van der Waals surface area contributed by atoms with E-state index in [9.17, 15) is 22.6 Å². The SMILES string of the molecule is COC(=O)CCCCCC/C=C/C(CCCCCCCC(=O)OC)S(=O)(=O)O. The Kier molecular flexibility index (Phi) is 15.7. The first-order valence-electron chi connectivity index (χ1n) is 10.1. The Balaban J connectivity index is 3.92. The second-order valence-corrected chi connectivity index (χ2v) is 8.53. The molecule has 1 N–H and O–H groups in total. The standard InChI is InChI=1S/C20H36O7S/c1-26-19(21)16-12-8-4-3-6-10-14-18(28(23,24)25)15-11-7-5-9-13-17-20(22)27-2/h10,14,18H,3-9,11-13,15-17H2,1-2H3,(H,23,24,25)/b14-10+. The van der Waals surface area contributed by atoms with Crippen LogP contribution in [0.1, 0.15) is 83.5 Å². The normalized spacial score (nSPS) is 12.8. The zero-order valence-corrected chi connectivity index (χ0v) is 18.0. The molecule has 8 heteroatoms. The van der Waals surface area contributed by atoms with Crippen molar-refractivity contribution in [3.8, 4) is 0 Å². The minimum Gasteiger partial charge on any atom is -0.469 e. The van der Waals surface area contributed by atoms with Crippen molar-refractivity contribution in [3.05, 3.63) is 12.2 Å². The predicted molar refractivity (Wildman–Crippen MR) is 109 cm³/mol. The molecule has 28 heavy (non-hydrogen) atoms. The van der Waals surface area contributed by atoms with Gasteiger partial charge in [0.2, 0.25) is 0 Å². The first kappa shape index (κ1) is 26.6. The largest absolute Gasteiger partial charge is 0.469 e. The van der Waals surface area contributed by atoms with Crippen LogP contribution < -0.4 is 0 Å². The van der Waals surface area contributed by atoms with Crippen LogP contribution in [0.25, 0.3) is 0 Å². The monoisotopic (exact) mass is 420 g/mol. The first-order valence-corrected chi connectivity index (χ1v) is 11.6. The van der Waals surface area contributed by atoms with E-state index in [0.29, 0.717) is 25.7 Å². The van der Waals surface area contributed by atoms with Gasteiger partial charge < -0.3 is 9.47 Å². The van der Waals surface area contributed by atoms with Crippen molar-refractivity contribution in [1.82, 2.24) is 0 Å². The summed E-state index contributed by atoms with van der Waals surface area (Å²) in [7, 11) is -1.34. The number of allylic oxidation sites excluding steroid dienone is 1. The molecule has 0 bridgehead atoms. The van der Waals surface area contributed by atoms with Gasteiger partial charge in [0, 0.05) is 12.8 Å². The summed E-state index contributed by atoms with van der Waals surface area (Å²) in [4.78, 5) is 22.0. The third-order valence-electron chi connectivity index (χ3n) is 4.56. The summed E-state index contributed by atoms with van der Waals surface area (Å²) in [6.45, 7) is 0. The van der Waals surface area contributed by atoms with Crippen molar-refractivity contribution in [2.75, 3.05) is 14.2 Å². The predicted octanol–water partition coefficient (Wildman–Crippen LogP) is 4.22. The Morgan fingerprint density at radius 2 is 1.29 bits per heavy atom. The van der Waals surface area contributed by atoms with Crippen molar-refractivity contribution >= 4 is 22.1 Å². The third kappa shape index (κ3) is 15.6. The van der Waals surface area contributed by atoms with Crippen molar-refractivity contribution in [1.29, 1.82) is 0 Å². The zero-order valence-electron chi connectivity index (χ0n) is 17.2. The number of unbranched alkanes of at least 4 members (excludes halogenated alkanes) is 8. The van der Waals surface area contributed by atoms with Crippen molar-refractivity contribution < 1.29 is 32.0 Å². The summed E-state index contributed by atoms with van der Waals surface area (Å²) >= 11 is 0. The number of hydrogen-bond donors (Lipinski definition) is 1. The number of esters is 2. The Morgan fingerprint density at radius 3 is 1.79 bits per heavy atom. The van der Waals surface area contributed by atoms with Crippen molar-refractivity contribution in [3.63, 3.8) is 0 Å². The fourth-order valence-corrected chi connectivity index (χ4v) is 3.60. The molecule has 0 aromatic heterocycles. The zero-order chi connectivity index (χ0) is 21.3. The van der Waals surface area contributed by atoms with E-state index in [1.807, 2.05) is 6.08 Å². The highest BCUT2D eigenvalue weighted by Crippen LogP contribution is 2.15. The van der Waals surface area contributed by atoms with Gasteiger partial charge in [0.05, 0.1) is 14.2 Å². The maximum absolute atomic E-state index is 11.5. The van der Waals surface area contributed by atoms with Crippen LogP contribution in [-0.2, 0) is 29.2 Å². The van der Waals surface area contributed by atoms with Gasteiger partial charge in [-0.25, -0.2) is 0 Å². The van der Waals surface area contributed by atoms with Crippen LogP contribution in [0.4, 0.5) is 0 Å². The summed E-state index contributed by atoms with van der Waals surface area (Å²) in [5, 5.41) is -0.859. The lowest BCUT2D eigenvalue weighted by atomic mass is 10.1. The van der Waals surface area contributed by atoms with E-state index in [1.54, 1.807) is 6.08 Å². The molecule has 0 amide bonds. The molecule has 0 heterocycles. The molecule has 7 nitrogen and oxygen atoms in total. The van der Waals surface area contributed by atoms with Crippen LogP contribution in [0.2, 0.25) is 0 Å². The molecule has 0 radical (unpaired) electrons. The lowest BCUT2D eigenvalue weighted by Gasteiger charge is -2.09. The smallest absolute Gasteiger partial charge is 0.305 e. The van der Waals surface area contributed by atoms with Crippen LogP contribution in [0.3, 0.4) is 0 Å². The minimum atomic E-state index is -4.09. The highest BCUT2D eigenvalue weighted by atomic mass is 32.2. The minimum absolute atomic E-state index is 0.195. The molecule has 0 aliphatic carbocycles. The molecule has 0 fully saturated rings. The van der Waals surface area contributed by atoms with Gasteiger partial charge in [-0.05, 0) is 32.1 Å². The Labute approximate surface area is 169 Å². The maximum Gasteiger partial charge on any atom is 0.305 e. The van der Waals surface area contributed by atoms with Crippen molar-refractivity contribution in [2.45, 2.75) is 88.7 Å². The molecular weight excluding hydrogens is 384 g/mol. The van der Waals surface area contributed by atoms with Crippen LogP contribution in [0.5, 0.6) is 0 Å². The molecule has 164 valence electrons. The molecular formula is C20H36O7S. The van der Waals surface area contributed by atoms with E-state index in [4.69, 9.17) is 0 Å². The average Bonchev–Trinajstić information content (AvgIpc) is 2.65. The molecule has 1 atom stereocenters. The lowest BCUT2D eigenvalue weighted by Crippen LogP contribution is -2.17. The van der Waals surface area contributed by atoms with Crippen LogP contribution in [0, 0.1) is 0 Å². The van der Waals surface area contributed by atoms with Gasteiger partial charge in [-0.15, -0.1) is 0 Å². The Bertz CT molecular complexity index is 555. The van der Waals surface area contributed by atoms with Gasteiger partial charge >= 0.3 is 11.9 Å². The molecule has 0 saturated carbocycles. The molecule has 0 spiro atoms. The van der Waals surface area contributed by atoms with E-state index in [-0.39, 0.29) is 11.9 Å². The van der Waals surface area contributed by atoms with Gasteiger partial charge in [-0.2, -0.15) is 8.42 Å². The highest BCUT2D eigenvalue weighted by Gasteiger charge is 2.19. The van der Waals surface area contributed by atoms with Crippen LogP contribution >= 0.6 is 0 Å². The quantitative estimate of drug-likeness (QED) is 0.162. The molecule has 0 saturated heterocycles. The fraction of sp³-hybridized carbons (Fsp3) is 0.800. The highest BCUT2D eigenvalue weighted by molar-refractivity contribution is 7.86. The third-order valence-corrected chi connectivity index (χ3v) is 5.72. The van der Waals surface area contributed by atoms with E-state index in [0.717, 1.165) is 57.8 Å². The Morgan fingerprint density at radius 1 is 0.821 bits per heavy atom. The molecule has 0 aromatic carbocycles. The summed E-state index contributed by atoms with van der Waals surface area (Å²) < 4.78 is 41.6. The number of carbonyl (C=O) groups excluding carboxylic acids is 2. The second kappa shape index (κ2) is 16.5. The van der Waals surface area contributed by atoms with Gasteiger partial charge in [0.15, 0.2) is 0 Å². The van der Waals surface area contributed by atoms with Gasteiger partial charge in [-0.1, -0.05) is 50.7 Å². The molecule has 0 aliphatic heterocycles. The van der Waals surface area contributed by atoms with Gasteiger partial charge in [0.1, 0.15) is 5.25 Å². The summed E-state index contributed by atoms with van der Waals surface area (Å²) in [6.07, 6.45) is 13.1. The van der Waals surface area contributed by atoms with Gasteiger partial charge in [0.25, 0.3) is 10.1 Å². The number of rotatable bonds is 17. The number of ether oxygens (including phenoxy) is 2. The molecule has 0 aliphatic rings. The average molecular weight is 421 g/mol. The fourth-order valence-electron chi connectivity index (χ4n) is 2.83. The summed E-state index contributed by atoms with van der Waals surface area (Å²) in [5.74, 6) is -0.403. The molecule has 0 aromatic rings. The summed E-state index contributed by atoms with van der Waals surface area (Å²) in [5.41, 5.74) is 0. The van der Waals surface area contributed by atoms with Gasteiger partial charge in [-0.3, -0.25) is 14.1 Å². The van der Waals surface area contributed by atoms with E-state index in [2.05, 4.69) is 9.47 Å². The summed E-state index contributed by atoms with van der Waals surface area (Å²) in [6, 6.07) is 0. The van der Waals surface area contributed by atoms with E-state index in [1.165, 1.54) is 14.2 Å². The molecule has 0 rings (SSSR count). The lowest BCUT2D eigenvalue weighted by molar-refractivity contribution is -0.141. The first-order chi connectivity index (χ1) is 13.3. The maximum atomic E-state index is 11.5. The molecule has 1 unspecified atom stereocenters. The number of carbonyl (C=O) groups is 2. The van der Waals surface area contributed by atoms with Crippen molar-refractivity contribution in [2.24, 2.45) is 0 Å².